The first-order valence-corrected chi connectivity index (χ1v) is 8.85. The van der Waals surface area contributed by atoms with Gasteiger partial charge in [0.2, 0.25) is 0 Å². The molecule has 2 heteroatoms. The number of ketones is 1. The zero-order valence-corrected chi connectivity index (χ0v) is 14.1. The minimum Gasteiger partial charge on any atom is -0.289 e. The van der Waals surface area contributed by atoms with Gasteiger partial charge in [0.25, 0.3) is 0 Å². The van der Waals surface area contributed by atoms with E-state index in [9.17, 15) is 4.79 Å². The molecule has 0 aliphatic heterocycles. The summed E-state index contributed by atoms with van der Waals surface area (Å²) in [6, 6.07) is 11.6. The van der Waals surface area contributed by atoms with Crippen LogP contribution in [0.3, 0.4) is 0 Å². The second-order valence-corrected chi connectivity index (χ2v) is 6.14. The predicted molar refractivity (Wildman–Crippen MR) is 95.8 cm³/mol. The summed E-state index contributed by atoms with van der Waals surface area (Å²) in [7, 11) is 0. The Hall–Kier alpha value is -1.96. The van der Waals surface area contributed by atoms with Gasteiger partial charge in [-0.1, -0.05) is 69.7 Å². The fourth-order valence-electron chi connectivity index (χ4n) is 2.77. The maximum absolute atomic E-state index is 12.3. The third-order valence-electron chi connectivity index (χ3n) is 4.21. The van der Waals surface area contributed by atoms with Gasteiger partial charge in [0.1, 0.15) is 0 Å². The number of benzene rings is 1. The van der Waals surface area contributed by atoms with Crippen LogP contribution in [0.4, 0.5) is 0 Å². The van der Waals surface area contributed by atoms with Crippen LogP contribution in [0.1, 0.15) is 73.4 Å². The molecule has 2 rings (SSSR count). The molecule has 0 bridgehead atoms. The van der Waals surface area contributed by atoms with Crippen molar-refractivity contribution in [3.8, 4) is 0 Å². The molecule has 0 saturated heterocycles. The van der Waals surface area contributed by atoms with Gasteiger partial charge in [0.05, 0.1) is 0 Å². The topological polar surface area (TPSA) is 30.0 Å². The number of rotatable bonds is 10. The zero-order chi connectivity index (χ0) is 16.3. The number of pyridine rings is 1. The average Bonchev–Trinajstić information content (AvgIpc) is 2.61. The highest BCUT2D eigenvalue weighted by Gasteiger charge is 2.08. The largest absolute Gasteiger partial charge is 0.289 e. The molecule has 0 aliphatic rings. The van der Waals surface area contributed by atoms with Crippen LogP contribution in [0.5, 0.6) is 0 Å². The van der Waals surface area contributed by atoms with E-state index in [1.807, 2.05) is 18.2 Å². The summed E-state index contributed by atoms with van der Waals surface area (Å²) in [6.07, 6.45) is 13.7. The molecule has 0 aliphatic carbocycles. The van der Waals surface area contributed by atoms with Gasteiger partial charge >= 0.3 is 0 Å². The Balaban J connectivity index is 1.75. The lowest BCUT2D eigenvalue weighted by Gasteiger charge is -2.04. The van der Waals surface area contributed by atoms with Crippen molar-refractivity contribution >= 4 is 5.78 Å². The fourth-order valence-corrected chi connectivity index (χ4v) is 2.77. The first-order chi connectivity index (χ1) is 11.3. The first kappa shape index (κ1) is 17.4. The van der Waals surface area contributed by atoms with E-state index in [2.05, 4.69) is 24.0 Å². The molecular formula is C21H27NO. The average molecular weight is 309 g/mol. The highest BCUT2D eigenvalue weighted by molar-refractivity contribution is 6.08. The lowest BCUT2D eigenvalue weighted by atomic mass is 10.0. The zero-order valence-electron chi connectivity index (χ0n) is 14.1. The molecule has 1 aromatic carbocycles. The van der Waals surface area contributed by atoms with Crippen LogP contribution < -0.4 is 0 Å². The minimum atomic E-state index is 0.0422. The number of carbonyl (C=O) groups excluding carboxylic acids is 1. The van der Waals surface area contributed by atoms with Crippen molar-refractivity contribution in [2.45, 2.75) is 58.3 Å². The van der Waals surface area contributed by atoms with Crippen LogP contribution in [0.2, 0.25) is 0 Å². The summed E-state index contributed by atoms with van der Waals surface area (Å²) in [6.45, 7) is 2.25. The second-order valence-electron chi connectivity index (χ2n) is 6.14. The van der Waals surface area contributed by atoms with Crippen LogP contribution in [0.25, 0.3) is 0 Å². The number of carbonyl (C=O) groups is 1. The Morgan fingerprint density at radius 3 is 2.22 bits per heavy atom. The molecule has 0 unspecified atom stereocenters. The Bertz CT molecular complexity index is 575. The van der Waals surface area contributed by atoms with Gasteiger partial charge in [-0.2, -0.15) is 0 Å². The molecule has 0 fully saturated rings. The number of nitrogens with zero attached hydrogens (tertiary/aromatic N) is 1. The Morgan fingerprint density at radius 1 is 0.870 bits per heavy atom. The molecule has 23 heavy (non-hydrogen) atoms. The smallest absolute Gasteiger partial charge is 0.194 e. The van der Waals surface area contributed by atoms with Gasteiger partial charge in [-0.25, -0.2) is 0 Å². The number of hydrogen-bond acceptors (Lipinski definition) is 2. The predicted octanol–water partition coefficient (Wildman–Crippen LogP) is 5.61. The van der Waals surface area contributed by atoms with Crippen molar-refractivity contribution in [3.63, 3.8) is 0 Å². The maximum Gasteiger partial charge on any atom is 0.194 e. The Kier molecular flexibility index (Phi) is 7.51. The van der Waals surface area contributed by atoms with E-state index in [0.29, 0.717) is 5.56 Å². The second kappa shape index (κ2) is 9.94. The van der Waals surface area contributed by atoms with E-state index in [-0.39, 0.29) is 5.78 Å². The van der Waals surface area contributed by atoms with Crippen LogP contribution in [-0.4, -0.2) is 10.8 Å². The van der Waals surface area contributed by atoms with Gasteiger partial charge in [-0.15, -0.1) is 0 Å². The lowest BCUT2D eigenvalue weighted by Crippen LogP contribution is -2.01. The molecule has 2 nitrogen and oxygen atoms in total. The minimum absolute atomic E-state index is 0.0422. The molecule has 0 N–H and O–H groups in total. The number of aromatic nitrogens is 1. The molecule has 1 heterocycles. The van der Waals surface area contributed by atoms with Gasteiger partial charge in [-0.3, -0.25) is 9.78 Å². The first-order valence-electron chi connectivity index (χ1n) is 8.85. The third kappa shape index (κ3) is 5.97. The summed E-state index contributed by atoms with van der Waals surface area (Å²) in [5.41, 5.74) is 2.70. The van der Waals surface area contributed by atoms with E-state index in [4.69, 9.17) is 0 Å². The van der Waals surface area contributed by atoms with E-state index in [0.717, 1.165) is 12.0 Å². The fraction of sp³-hybridized carbons (Fsp3) is 0.429. The molecule has 2 aromatic rings. The number of aryl methyl sites for hydroxylation is 1. The van der Waals surface area contributed by atoms with Crippen LogP contribution in [0.15, 0.2) is 48.8 Å². The standard InChI is InChI=1S/C21H27NO/c1-2-3-4-5-6-7-8-10-18-12-14-19(15-13-18)21(23)20-11-9-16-22-17-20/h9,11-17H,2-8,10H2,1H3. The molecule has 0 atom stereocenters. The normalized spacial score (nSPS) is 10.7. The molecule has 1 aromatic heterocycles. The van der Waals surface area contributed by atoms with E-state index in [1.54, 1.807) is 18.5 Å². The van der Waals surface area contributed by atoms with E-state index < -0.39 is 0 Å². The number of hydrogen-bond donors (Lipinski definition) is 0. The summed E-state index contributed by atoms with van der Waals surface area (Å²) in [5.74, 6) is 0.0422. The molecule has 122 valence electrons. The van der Waals surface area contributed by atoms with Crippen molar-refractivity contribution in [1.29, 1.82) is 0 Å². The quantitative estimate of drug-likeness (QED) is 0.422. The molecule has 0 saturated carbocycles. The van der Waals surface area contributed by atoms with Gasteiger partial charge in [0.15, 0.2) is 5.78 Å². The maximum atomic E-state index is 12.3. The summed E-state index contributed by atoms with van der Waals surface area (Å²) >= 11 is 0. The molecule has 0 radical (unpaired) electrons. The van der Waals surface area contributed by atoms with Crippen molar-refractivity contribution in [1.82, 2.24) is 4.98 Å². The van der Waals surface area contributed by atoms with Crippen LogP contribution >= 0.6 is 0 Å². The highest BCUT2D eigenvalue weighted by atomic mass is 16.1. The lowest BCUT2D eigenvalue weighted by molar-refractivity contribution is 0.103. The molecule has 0 spiro atoms. The third-order valence-corrected chi connectivity index (χ3v) is 4.21. The Labute approximate surface area is 140 Å². The summed E-state index contributed by atoms with van der Waals surface area (Å²) in [4.78, 5) is 16.3. The monoisotopic (exact) mass is 309 g/mol. The van der Waals surface area contributed by atoms with E-state index >= 15 is 0 Å². The molecular weight excluding hydrogens is 282 g/mol. The highest BCUT2D eigenvalue weighted by Crippen LogP contribution is 2.13. The van der Waals surface area contributed by atoms with Gasteiger partial charge < -0.3 is 0 Å². The van der Waals surface area contributed by atoms with Crippen LogP contribution in [0, 0.1) is 0 Å². The number of unbranched alkanes of at least 4 members (excludes halogenated alkanes) is 6. The van der Waals surface area contributed by atoms with Crippen molar-refractivity contribution in [2.75, 3.05) is 0 Å². The van der Waals surface area contributed by atoms with Gasteiger partial charge in [0, 0.05) is 23.5 Å². The van der Waals surface area contributed by atoms with Crippen LogP contribution in [-0.2, 0) is 6.42 Å². The summed E-state index contributed by atoms with van der Waals surface area (Å²) < 4.78 is 0. The Morgan fingerprint density at radius 2 is 1.57 bits per heavy atom. The van der Waals surface area contributed by atoms with Crippen molar-refractivity contribution < 1.29 is 4.79 Å². The van der Waals surface area contributed by atoms with E-state index in [1.165, 1.54) is 50.5 Å². The SMILES string of the molecule is CCCCCCCCCc1ccc(C(=O)c2cccnc2)cc1. The van der Waals surface area contributed by atoms with Crippen molar-refractivity contribution in [3.05, 3.63) is 65.5 Å². The van der Waals surface area contributed by atoms with Crippen molar-refractivity contribution in [2.24, 2.45) is 0 Å². The van der Waals surface area contributed by atoms with Gasteiger partial charge in [-0.05, 0) is 30.5 Å². The summed E-state index contributed by atoms with van der Waals surface area (Å²) in [5, 5.41) is 0. The molecule has 0 amide bonds.